The smallest absolute Gasteiger partial charge is 0.227 e. The predicted octanol–water partition coefficient (Wildman–Crippen LogP) is 3.89. The number of nitrogens with zero attached hydrogens (tertiary/aromatic N) is 4. The van der Waals surface area contributed by atoms with Crippen LogP contribution in [0.2, 0.25) is 5.02 Å². The molecule has 1 aromatic heterocycles. The second-order valence-corrected chi connectivity index (χ2v) is 7.75. The minimum atomic E-state index is -0.317. The first-order chi connectivity index (χ1) is 13.6. The van der Waals surface area contributed by atoms with E-state index in [-0.39, 0.29) is 18.1 Å². The van der Waals surface area contributed by atoms with E-state index in [0.717, 1.165) is 10.7 Å². The summed E-state index contributed by atoms with van der Waals surface area (Å²) in [7, 11) is 0. The summed E-state index contributed by atoms with van der Waals surface area (Å²) in [4.78, 5) is 21.1. The van der Waals surface area contributed by atoms with E-state index in [4.69, 9.17) is 11.6 Å². The second kappa shape index (κ2) is 8.24. The highest BCUT2D eigenvalue weighted by molar-refractivity contribution is 7.09. The minimum Gasteiger partial charge on any atom is -0.343 e. The molecule has 2 aromatic carbocycles. The monoisotopic (exact) mass is 416 g/mol. The Bertz CT molecular complexity index is 970. The highest BCUT2D eigenvalue weighted by Gasteiger charge is 2.23. The van der Waals surface area contributed by atoms with Crippen molar-refractivity contribution in [3.8, 4) is 11.4 Å². The van der Waals surface area contributed by atoms with E-state index >= 15 is 0 Å². The van der Waals surface area contributed by atoms with Crippen LogP contribution in [0.5, 0.6) is 0 Å². The number of anilines is 1. The number of aromatic nitrogens is 2. The number of carbonyl (C=O) groups excluding carboxylic acids is 1. The Hall–Kier alpha value is -2.51. The summed E-state index contributed by atoms with van der Waals surface area (Å²) in [5, 5.41) is 1.53. The maximum atomic E-state index is 13.3. The molecule has 1 aliphatic rings. The largest absolute Gasteiger partial charge is 0.343 e. The zero-order chi connectivity index (χ0) is 19.5. The summed E-state index contributed by atoms with van der Waals surface area (Å²) < 4.78 is 17.7. The molecular formula is C20H18ClFN4OS. The SMILES string of the molecule is O=C(Cc1cccc(F)c1)N1CCN(c2nc(-c3ccc(Cl)cc3)ns2)CC1. The molecule has 144 valence electrons. The predicted molar refractivity (Wildman–Crippen MR) is 109 cm³/mol. The number of halogens is 2. The van der Waals surface area contributed by atoms with Crippen molar-refractivity contribution in [3.05, 3.63) is 64.9 Å². The molecular weight excluding hydrogens is 399 g/mol. The van der Waals surface area contributed by atoms with Crippen molar-refractivity contribution in [1.82, 2.24) is 14.3 Å². The van der Waals surface area contributed by atoms with Gasteiger partial charge >= 0.3 is 0 Å². The molecule has 1 saturated heterocycles. The van der Waals surface area contributed by atoms with Gasteiger partial charge in [0, 0.05) is 48.3 Å². The number of carbonyl (C=O) groups is 1. The van der Waals surface area contributed by atoms with E-state index in [9.17, 15) is 9.18 Å². The van der Waals surface area contributed by atoms with Gasteiger partial charge in [0.2, 0.25) is 11.0 Å². The molecule has 1 fully saturated rings. The third kappa shape index (κ3) is 4.31. The van der Waals surface area contributed by atoms with Gasteiger partial charge in [-0.25, -0.2) is 4.39 Å². The van der Waals surface area contributed by atoms with Gasteiger partial charge in [0.05, 0.1) is 6.42 Å². The molecule has 5 nitrogen and oxygen atoms in total. The van der Waals surface area contributed by atoms with Gasteiger partial charge in [0.1, 0.15) is 5.82 Å². The molecule has 0 bridgehead atoms. The molecule has 28 heavy (non-hydrogen) atoms. The summed E-state index contributed by atoms with van der Waals surface area (Å²) in [5.41, 5.74) is 1.62. The number of benzene rings is 2. The Morgan fingerprint density at radius 2 is 1.86 bits per heavy atom. The average molecular weight is 417 g/mol. The molecule has 0 atom stereocenters. The van der Waals surface area contributed by atoms with Gasteiger partial charge in [-0.3, -0.25) is 4.79 Å². The normalized spacial score (nSPS) is 14.4. The van der Waals surface area contributed by atoms with Gasteiger partial charge in [-0.05, 0) is 42.0 Å². The quantitative estimate of drug-likeness (QED) is 0.647. The van der Waals surface area contributed by atoms with Crippen LogP contribution in [0, 0.1) is 5.82 Å². The van der Waals surface area contributed by atoms with Crippen molar-refractivity contribution in [1.29, 1.82) is 0 Å². The average Bonchev–Trinajstić information content (AvgIpc) is 3.19. The lowest BCUT2D eigenvalue weighted by Gasteiger charge is -2.34. The fraction of sp³-hybridized carbons (Fsp3) is 0.250. The summed E-state index contributed by atoms with van der Waals surface area (Å²) in [6.07, 6.45) is 0.220. The summed E-state index contributed by atoms with van der Waals surface area (Å²) in [5.74, 6) is 0.383. The van der Waals surface area contributed by atoms with E-state index in [1.54, 1.807) is 12.1 Å². The zero-order valence-electron chi connectivity index (χ0n) is 15.0. The number of hydrogen-bond donors (Lipinski definition) is 0. The highest BCUT2D eigenvalue weighted by Crippen LogP contribution is 2.25. The number of hydrogen-bond acceptors (Lipinski definition) is 5. The molecule has 0 unspecified atom stereocenters. The summed E-state index contributed by atoms with van der Waals surface area (Å²) in [6.45, 7) is 2.63. The van der Waals surface area contributed by atoms with Crippen LogP contribution >= 0.6 is 23.1 Å². The summed E-state index contributed by atoms with van der Waals surface area (Å²) >= 11 is 7.28. The van der Waals surface area contributed by atoms with Crippen molar-refractivity contribution in [2.24, 2.45) is 0 Å². The van der Waals surface area contributed by atoms with E-state index in [1.807, 2.05) is 29.2 Å². The lowest BCUT2D eigenvalue weighted by atomic mass is 10.1. The van der Waals surface area contributed by atoms with Crippen LogP contribution in [0.1, 0.15) is 5.56 Å². The van der Waals surface area contributed by atoms with Crippen LogP contribution in [0.4, 0.5) is 9.52 Å². The molecule has 0 spiro atoms. The van der Waals surface area contributed by atoms with Gasteiger partial charge in [-0.2, -0.15) is 9.36 Å². The number of amides is 1. The third-order valence-corrected chi connectivity index (χ3v) is 5.69. The molecule has 1 amide bonds. The van der Waals surface area contributed by atoms with E-state index in [1.165, 1.54) is 23.7 Å². The van der Waals surface area contributed by atoms with Crippen LogP contribution < -0.4 is 4.90 Å². The highest BCUT2D eigenvalue weighted by atomic mass is 35.5. The lowest BCUT2D eigenvalue weighted by molar-refractivity contribution is -0.130. The van der Waals surface area contributed by atoms with Crippen molar-refractivity contribution >= 4 is 34.2 Å². The van der Waals surface area contributed by atoms with Gasteiger partial charge < -0.3 is 9.80 Å². The van der Waals surface area contributed by atoms with Crippen LogP contribution in [0.25, 0.3) is 11.4 Å². The molecule has 8 heteroatoms. The first-order valence-corrected chi connectivity index (χ1v) is 10.1. The topological polar surface area (TPSA) is 49.3 Å². The van der Waals surface area contributed by atoms with E-state index in [0.29, 0.717) is 42.6 Å². The number of piperazine rings is 1. The van der Waals surface area contributed by atoms with Gasteiger partial charge in [0.25, 0.3) is 0 Å². The van der Waals surface area contributed by atoms with E-state index < -0.39 is 0 Å². The zero-order valence-corrected chi connectivity index (χ0v) is 16.6. The molecule has 0 aliphatic carbocycles. The Kier molecular flexibility index (Phi) is 5.54. The van der Waals surface area contributed by atoms with Crippen molar-refractivity contribution < 1.29 is 9.18 Å². The Balaban J connectivity index is 1.35. The Labute approximate surface area is 171 Å². The number of rotatable bonds is 4. The van der Waals surface area contributed by atoms with Crippen LogP contribution in [0.15, 0.2) is 48.5 Å². The van der Waals surface area contributed by atoms with Gasteiger partial charge in [-0.1, -0.05) is 23.7 Å². The molecule has 0 radical (unpaired) electrons. The van der Waals surface area contributed by atoms with Gasteiger partial charge in [-0.15, -0.1) is 0 Å². The molecule has 0 saturated carbocycles. The molecule has 4 rings (SSSR count). The second-order valence-electron chi connectivity index (χ2n) is 6.58. The summed E-state index contributed by atoms with van der Waals surface area (Å²) in [6, 6.07) is 13.6. The van der Waals surface area contributed by atoms with Crippen LogP contribution in [0.3, 0.4) is 0 Å². The first-order valence-electron chi connectivity index (χ1n) is 8.95. The molecule has 1 aliphatic heterocycles. The van der Waals surface area contributed by atoms with Crippen molar-refractivity contribution in [2.75, 3.05) is 31.1 Å². The maximum Gasteiger partial charge on any atom is 0.227 e. The standard InChI is InChI=1S/C20H18ClFN4OS/c21-16-6-4-15(5-7-16)19-23-20(28-24-19)26-10-8-25(9-11-26)18(27)13-14-2-1-3-17(22)12-14/h1-7,12H,8-11,13H2. The molecule has 0 N–H and O–H groups in total. The van der Waals surface area contributed by atoms with Crippen LogP contribution in [-0.2, 0) is 11.2 Å². The fourth-order valence-corrected chi connectivity index (χ4v) is 4.01. The van der Waals surface area contributed by atoms with Gasteiger partial charge in [0.15, 0.2) is 5.82 Å². The maximum absolute atomic E-state index is 13.3. The molecule has 3 aromatic rings. The van der Waals surface area contributed by atoms with E-state index in [2.05, 4.69) is 14.3 Å². The lowest BCUT2D eigenvalue weighted by Crippen LogP contribution is -2.49. The molecule has 2 heterocycles. The third-order valence-electron chi connectivity index (χ3n) is 4.67. The Morgan fingerprint density at radius 1 is 1.11 bits per heavy atom. The van der Waals surface area contributed by atoms with Crippen molar-refractivity contribution in [2.45, 2.75) is 6.42 Å². The first kappa shape index (κ1) is 18.8. The van der Waals surface area contributed by atoms with Crippen LogP contribution in [-0.4, -0.2) is 46.3 Å². The van der Waals surface area contributed by atoms with Crippen molar-refractivity contribution in [3.63, 3.8) is 0 Å². The minimum absolute atomic E-state index is 0.0179. The Morgan fingerprint density at radius 3 is 2.57 bits per heavy atom. The fourth-order valence-electron chi connectivity index (χ4n) is 3.14.